The average molecular weight is 276 g/mol. The zero-order valence-electron chi connectivity index (χ0n) is 13.5. The van der Waals surface area contributed by atoms with Crippen LogP contribution in [0.5, 0.6) is 0 Å². The van der Waals surface area contributed by atoms with Crippen LogP contribution in [-0.4, -0.2) is 9.97 Å². The summed E-state index contributed by atoms with van der Waals surface area (Å²) < 4.78 is 0. The molecule has 20 heavy (non-hydrogen) atoms. The highest BCUT2D eigenvalue weighted by atomic mass is 14.8. The van der Waals surface area contributed by atoms with Gasteiger partial charge in [0.1, 0.15) is 0 Å². The van der Waals surface area contributed by atoms with Crippen LogP contribution >= 0.6 is 0 Å². The van der Waals surface area contributed by atoms with Gasteiger partial charge in [0.15, 0.2) is 0 Å². The molecule has 0 saturated heterocycles. The first-order valence-electron chi connectivity index (χ1n) is 8.64. The van der Waals surface area contributed by atoms with Crippen LogP contribution in [0.15, 0.2) is 18.6 Å². The molecule has 1 unspecified atom stereocenters. The monoisotopic (exact) mass is 276 g/mol. The first-order valence-corrected chi connectivity index (χ1v) is 8.64. The van der Waals surface area contributed by atoms with E-state index in [1.54, 1.807) is 6.20 Å². The van der Waals surface area contributed by atoms with Crippen molar-refractivity contribution < 1.29 is 0 Å². The molecule has 0 aliphatic carbocycles. The van der Waals surface area contributed by atoms with Crippen molar-refractivity contribution in [1.29, 1.82) is 0 Å². The maximum Gasteiger partial charge on any atom is 0.0617 e. The fraction of sp³-hybridized carbons (Fsp3) is 0.778. The molecule has 0 amide bonds. The smallest absolute Gasteiger partial charge is 0.0617 e. The average Bonchev–Trinajstić information content (AvgIpc) is 2.50. The molecule has 0 radical (unpaired) electrons. The van der Waals surface area contributed by atoms with Gasteiger partial charge in [-0.3, -0.25) is 9.97 Å². The summed E-state index contributed by atoms with van der Waals surface area (Å²) in [5.41, 5.74) is 1.19. The molecule has 2 nitrogen and oxygen atoms in total. The Bertz CT molecular complexity index is 310. The summed E-state index contributed by atoms with van der Waals surface area (Å²) >= 11 is 0. The van der Waals surface area contributed by atoms with E-state index >= 15 is 0 Å². The molecule has 0 fully saturated rings. The lowest BCUT2D eigenvalue weighted by molar-refractivity contribution is 0.499. The van der Waals surface area contributed by atoms with E-state index in [2.05, 4.69) is 23.8 Å². The Balaban J connectivity index is 2.14. The van der Waals surface area contributed by atoms with E-state index in [4.69, 9.17) is 0 Å². The summed E-state index contributed by atoms with van der Waals surface area (Å²) in [5, 5.41) is 0. The maximum atomic E-state index is 4.48. The highest BCUT2D eigenvalue weighted by molar-refractivity contribution is 5.02. The molecule has 0 spiro atoms. The molecule has 2 heteroatoms. The Kier molecular flexibility index (Phi) is 10.2. The second-order valence-corrected chi connectivity index (χ2v) is 5.88. The number of hydrogen-bond donors (Lipinski definition) is 0. The lowest BCUT2D eigenvalue weighted by atomic mass is 9.93. The second kappa shape index (κ2) is 11.9. The molecule has 114 valence electrons. The predicted molar refractivity (Wildman–Crippen MR) is 86.9 cm³/mol. The SMILES string of the molecule is CCCCCCCCCCC(CCC)c1cnccn1. The Morgan fingerprint density at radius 3 is 2.10 bits per heavy atom. The van der Waals surface area contributed by atoms with Gasteiger partial charge in [-0.1, -0.05) is 71.6 Å². The van der Waals surface area contributed by atoms with Crippen LogP contribution < -0.4 is 0 Å². The van der Waals surface area contributed by atoms with Crippen molar-refractivity contribution in [2.24, 2.45) is 0 Å². The summed E-state index contributed by atoms with van der Waals surface area (Å²) in [6, 6.07) is 0. The summed E-state index contributed by atoms with van der Waals surface area (Å²) in [6.45, 7) is 4.54. The number of rotatable bonds is 12. The summed E-state index contributed by atoms with van der Waals surface area (Å²) in [5.74, 6) is 0.619. The van der Waals surface area contributed by atoms with Gasteiger partial charge in [-0.05, 0) is 12.8 Å². The predicted octanol–water partition coefficient (Wildman–Crippen LogP) is 5.89. The van der Waals surface area contributed by atoms with Gasteiger partial charge in [0.05, 0.1) is 5.69 Å². The highest BCUT2D eigenvalue weighted by Gasteiger charge is 2.11. The minimum absolute atomic E-state index is 0.619. The fourth-order valence-electron chi connectivity index (χ4n) is 2.83. The molecular formula is C18H32N2. The molecule has 0 aromatic carbocycles. The van der Waals surface area contributed by atoms with Crippen molar-refractivity contribution in [3.05, 3.63) is 24.3 Å². The van der Waals surface area contributed by atoms with Crippen molar-refractivity contribution in [2.75, 3.05) is 0 Å². The van der Waals surface area contributed by atoms with Crippen LogP contribution in [0.1, 0.15) is 96.1 Å². The lowest BCUT2D eigenvalue weighted by Crippen LogP contribution is -2.02. The minimum Gasteiger partial charge on any atom is -0.261 e. The van der Waals surface area contributed by atoms with Crippen LogP contribution in [0, 0.1) is 0 Å². The lowest BCUT2D eigenvalue weighted by Gasteiger charge is -2.14. The molecule has 0 N–H and O–H groups in total. The van der Waals surface area contributed by atoms with Crippen LogP contribution in [0.25, 0.3) is 0 Å². The highest BCUT2D eigenvalue weighted by Crippen LogP contribution is 2.25. The number of hydrogen-bond acceptors (Lipinski definition) is 2. The third kappa shape index (κ3) is 7.62. The van der Waals surface area contributed by atoms with Crippen LogP contribution in [0.4, 0.5) is 0 Å². The minimum atomic E-state index is 0.619. The number of aromatic nitrogens is 2. The summed E-state index contributed by atoms with van der Waals surface area (Å²) in [4.78, 5) is 8.70. The van der Waals surface area contributed by atoms with Crippen molar-refractivity contribution in [2.45, 2.75) is 90.4 Å². The molecule has 1 atom stereocenters. The molecule has 0 aliphatic rings. The molecular weight excluding hydrogens is 244 g/mol. The van der Waals surface area contributed by atoms with E-state index in [1.807, 2.05) is 12.4 Å². The van der Waals surface area contributed by atoms with Gasteiger partial charge in [-0.25, -0.2) is 0 Å². The van der Waals surface area contributed by atoms with Gasteiger partial charge >= 0.3 is 0 Å². The van der Waals surface area contributed by atoms with E-state index in [0.717, 1.165) is 0 Å². The van der Waals surface area contributed by atoms with Gasteiger partial charge < -0.3 is 0 Å². The molecule has 1 rings (SSSR count). The molecule has 1 heterocycles. The second-order valence-electron chi connectivity index (χ2n) is 5.88. The van der Waals surface area contributed by atoms with Gasteiger partial charge in [-0.2, -0.15) is 0 Å². The van der Waals surface area contributed by atoms with E-state index in [9.17, 15) is 0 Å². The van der Waals surface area contributed by atoms with Crippen molar-refractivity contribution in [3.8, 4) is 0 Å². The van der Waals surface area contributed by atoms with Crippen molar-refractivity contribution >= 4 is 0 Å². The zero-order valence-corrected chi connectivity index (χ0v) is 13.5. The standard InChI is InChI=1S/C18H32N2/c1-3-5-6-7-8-9-10-11-13-17(12-4-2)18-16-19-14-15-20-18/h14-17H,3-13H2,1-2H3. The number of unbranched alkanes of at least 4 members (excludes halogenated alkanes) is 7. The van der Waals surface area contributed by atoms with E-state index in [-0.39, 0.29) is 0 Å². The molecule has 1 aromatic heterocycles. The quantitative estimate of drug-likeness (QED) is 0.445. The Morgan fingerprint density at radius 2 is 1.50 bits per heavy atom. The third-order valence-corrected chi connectivity index (χ3v) is 4.04. The van der Waals surface area contributed by atoms with E-state index < -0.39 is 0 Å². The maximum absolute atomic E-state index is 4.48. The number of nitrogens with zero attached hydrogens (tertiary/aromatic N) is 2. The van der Waals surface area contributed by atoms with Crippen LogP contribution in [-0.2, 0) is 0 Å². The van der Waals surface area contributed by atoms with E-state index in [0.29, 0.717) is 5.92 Å². The Hall–Kier alpha value is -0.920. The zero-order chi connectivity index (χ0) is 14.5. The molecule has 0 saturated carbocycles. The largest absolute Gasteiger partial charge is 0.261 e. The van der Waals surface area contributed by atoms with Gasteiger partial charge in [0, 0.05) is 24.5 Å². The van der Waals surface area contributed by atoms with Gasteiger partial charge in [0.2, 0.25) is 0 Å². The van der Waals surface area contributed by atoms with Crippen LogP contribution in [0.3, 0.4) is 0 Å². The third-order valence-electron chi connectivity index (χ3n) is 4.04. The Morgan fingerprint density at radius 1 is 0.800 bits per heavy atom. The molecule has 0 aliphatic heterocycles. The normalized spacial score (nSPS) is 12.5. The van der Waals surface area contributed by atoms with E-state index in [1.165, 1.54) is 76.3 Å². The summed E-state index contributed by atoms with van der Waals surface area (Å²) in [7, 11) is 0. The summed E-state index contributed by atoms with van der Waals surface area (Å²) in [6.07, 6.45) is 20.5. The van der Waals surface area contributed by atoms with Gasteiger partial charge in [0.25, 0.3) is 0 Å². The first-order chi connectivity index (χ1) is 9.88. The topological polar surface area (TPSA) is 25.8 Å². The molecule has 0 bridgehead atoms. The Labute approximate surface area is 125 Å². The van der Waals surface area contributed by atoms with Gasteiger partial charge in [-0.15, -0.1) is 0 Å². The van der Waals surface area contributed by atoms with Crippen molar-refractivity contribution in [3.63, 3.8) is 0 Å². The fourth-order valence-corrected chi connectivity index (χ4v) is 2.83. The van der Waals surface area contributed by atoms with Crippen LogP contribution in [0.2, 0.25) is 0 Å². The first kappa shape index (κ1) is 17.1. The molecule has 1 aromatic rings. The van der Waals surface area contributed by atoms with Crippen molar-refractivity contribution in [1.82, 2.24) is 9.97 Å².